The van der Waals surface area contributed by atoms with Crippen molar-refractivity contribution in [3.05, 3.63) is 66.1 Å². The predicted octanol–water partition coefficient (Wildman–Crippen LogP) is 3.30. The zero-order valence-corrected chi connectivity index (χ0v) is 19.5. The maximum absolute atomic E-state index is 13.3. The van der Waals surface area contributed by atoms with Crippen LogP contribution in [0.4, 0.5) is 4.39 Å². The van der Waals surface area contributed by atoms with E-state index < -0.39 is 24.3 Å². The van der Waals surface area contributed by atoms with Crippen LogP contribution in [0, 0.1) is 5.82 Å². The molecule has 1 heterocycles. The highest BCUT2D eigenvalue weighted by Crippen LogP contribution is 2.27. The van der Waals surface area contributed by atoms with Gasteiger partial charge in [0, 0.05) is 24.7 Å². The van der Waals surface area contributed by atoms with Gasteiger partial charge in [0.1, 0.15) is 22.8 Å². The average Bonchev–Trinajstić information content (AvgIpc) is 3.31. The number of hydrogen-bond donors (Lipinski definition) is 1. The van der Waals surface area contributed by atoms with E-state index in [1.54, 1.807) is 31.2 Å². The maximum Gasteiger partial charge on any atom is 0.342 e. The summed E-state index contributed by atoms with van der Waals surface area (Å²) in [4.78, 5) is 36.3. The Morgan fingerprint density at radius 1 is 1.09 bits per heavy atom. The van der Waals surface area contributed by atoms with Crippen molar-refractivity contribution in [2.24, 2.45) is 0 Å². The predicted molar refractivity (Wildman–Crippen MR) is 125 cm³/mol. The topological polar surface area (TPSA) is 109 Å². The van der Waals surface area contributed by atoms with Gasteiger partial charge >= 0.3 is 11.9 Å². The molecule has 184 valence electrons. The molecular formula is C25H26FN3O6. The minimum absolute atomic E-state index is 0.123. The lowest BCUT2D eigenvalue weighted by Crippen LogP contribution is -2.30. The van der Waals surface area contributed by atoms with E-state index in [0.29, 0.717) is 35.7 Å². The highest BCUT2D eigenvalue weighted by atomic mass is 19.1. The number of methoxy groups -OCH3 is 1. The number of aromatic nitrogens is 2. The van der Waals surface area contributed by atoms with Crippen molar-refractivity contribution in [2.75, 3.05) is 26.9 Å². The third-order valence-corrected chi connectivity index (χ3v) is 4.89. The number of nitrogens with one attached hydrogen (secondary N) is 1. The molecule has 0 atom stereocenters. The second kappa shape index (κ2) is 12.3. The lowest BCUT2D eigenvalue weighted by atomic mass is 10.1. The van der Waals surface area contributed by atoms with Crippen LogP contribution in [0.5, 0.6) is 5.75 Å². The van der Waals surface area contributed by atoms with Gasteiger partial charge in [0.15, 0.2) is 6.61 Å². The number of carbonyl (C=O) groups excluding carboxylic acids is 3. The Bertz CT molecular complexity index is 1180. The smallest absolute Gasteiger partial charge is 0.342 e. The largest absolute Gasteiger partial charge is 0.497 e. The van der Waals surface area contributed by atoms with Gasteiger partial charge in [-0.15, -0.1) is 0 Å². The van der Waals surface area contributed by atoms with Crippen molar-refractivity contribution < 1.29 is 33.0 Å². The molecule has 0 fully saturated rings. The lowest BCUT2D eigenvalue weighted by Gasteiger charge is -2.07. The molecule has 0 spiro atoms. The molecule has 3 rings (SSSR count). The SMILES string of the molecule is CCOC(=O)CCCNC(=O)COC(=O)c1cn(-c2ccc(F)cc2)nc1-c1cccc(OC)c1. The zero-order valence-electron chi connectivity index (χ0n) is 19.5. The Kier molecular flexibility index (Phi) is 8.94. The first-order chi connectivity index (χ1) is 16.9. The fourth-order valence-electron chi connectivity index (χ4n) is 3.19. The van der Waals surface area contributed by atoms with E-state index in [1.807, 2.05) is 0 Å². The minimum atomic E-state index is -0.752. The van der Waals surface area contributed by atoms with E-state index in [-0.39, 0.29) is 24.5 Å². The van der Waals surface area contributed by atoms with Gasteiger partial charge in [0.05, 0.1) is 19.4 Å². The summed E-state index contributed by atoms with van der Waals surface area (Å²) in [6.45, 7) is 1.76. The number of carbonyl (C=O) groups is 3. The van der Waals surface area contributed by atoms with Gasteiger partial charge in [-0.05, 0) is 49.7 Å². The third-order valence-electron chi connectivity index (χ3n) is 4.89. The zero-order chi connectivity index (χ0) is 25.2. The van der Waals surface area contributed by atoms with Gasteiger partial charge in [-0.25, -0.2) is 13.9 Å². The fourth-order valence-corrected chi connectivity index (χ4v) is 3.19. The van der Waals surface area contributed by atoms with E-state index >= 15 is 0 Å². The van der Waals surface area contributed by atoms with Crippen LogP contribution in [0.1, 0.15) is 30.1 Å². The van der Waals surface area contributed by atoms with Gasteiger partial charge in [-0.2, -0.15) is 5.10 Å². The van der Waals surface area contributed by atoms with Crippen molar-refractivity contribution in [1.82, 2.24) is 15.1 Å². The summed E-state index contributed by atoms with van der Waals surface area (Å²) < 4.78 is 30.1. The number of benzene rings is 2. The standard InChI is InChI=1S/C25H26FN3O6/c1-3-34-23(31)8-5-13-27-22(30)16-35-25(32)21-15-29(19-11-9-18(26)10-12-19)28-24(21)17-6-4-7-20(14-17)33-2/h4,6-7,9-12,14-15H,3,5,8,13,16H2,1-2H3,(H,27,30). The van der Waals surface area contributed by atoms with Crippen LogP contribution in [-0.4, -0.2) is 54.5 Å². The van der Waals surface area contributed by atoms with Crippen molar-refractivity contribution in [3.63, 3.8) is 0 Å². The molecule has 10 heteroatoms. The average molecular weight is 483 g/mol. The third kappa shape index (κ3) is 7.13. The molecule has 0 saturated carbocycles. The molecule has 0 aliphatic rings. The summed E-state index contributed by atoms with van der Waals surface area (Å²) in [6, 6.07) is 12.6. The van der Waals surface area contributed by atoms with E-state index in [4.69, 9.17) is 14.2 Å². The summed E-state index contributed by atoms with van der Waals surface area (Å²) in [7, 11) is 1.52. The number of hydrogen-bond acceptors (Lipinski definition) is 7. The molecular weight excluding hydrogens is 457 g/mol. The first-order valence-electron chi connectivity index (χ1n) is 11.0. The van der Waals surface area contributed by atoms with E-state index in [1.165, 1.54) is 42.3 Å². The number of ether oxygens (including phenoxy) is 3. The summed E-state index contributed by atoms with van der Waals surface area (Å²) in [6.07, 6.45) is 2.05. The molecule has 1 aromatic heterocycles. The van der Waals surface area contributed by atoms with Crippen LogP contribution < -0.4 is 10.1 Å². The molecule has 0 aliphatic carbocycles. The van der Waals surface area contributed by atoms with Gasteiger partial charge in [-0.3, -0.25) is 9.59 Å². The highest BCUT2D eigenvalue weighted by Gasteiger charge is 2.21. The van der Waals surface area contributed by atoms with Gasteiger partial charge in [-0.1, -0.05) is 12.1 Å². The first kappa shape index (κ1) is 25.4. The number of amides is 1. The van der Waals surface area contributed by atoms with Gasteiger partial charge < -0.3 is 19.5 Å². The molecule has 1 N–H and O–H groups in total. The normalized spacial score (nSPS) is 10.5. The van der Waals surface area contributed by atoms with Crippen LogP contribution in [0.2, 0.25) is 0 Å². The number of nitrogens with zero attached hydrogens (tertiary/aromatic N) is 2. The lowest BCUT2D eigenvalue weighted by molar-refractivity contribution is -0.143. The summed E-state index contributed by atoms with van der Waals surface area (Å²) >= 11 is 0. The fraction of sp³-hybridized carbons (Fsp3) is 0.280. The quantitative estimate of drug-likeness (QED) is 0.329. The van der Waals surface area contributed by atoms with Crippen LogP contribution in [0.3, 0.4) is 0 Å². The molecule has 9 nitrogen and oxygen atoms in total. The summed E-state index contributed by atoms with van der Waals surface area (Å²) in [5.74, 6) is -1.42. The Morgan fingerprint density at radius 2 is 1.86 bits per heavy atom. The second-order valence-corrected chi connectivity index (χ2v) is 7.38. The Labute approximate surface area is 201 Å². The van der Waals surface area contributed by atoms with Gasteiger partial charge in [0.25, 0.3) is 5.91 Å². The molecule has 0 radical (unpaired) electrons. The van der Waals surface area contributed by atoms with Crippen molar-refractivity contribution >= 4 is 17.8 Å². The van der Waals surface area contributed by atoms with Crippen molar-refractivity contribution in [3.8, 4) is 22.7 Å². The van der Waals surface area contributed by atoms with Crippen LogP contribution >= 0.6 is 0 Å². The Morgan fingerprint density at radius 3 is 2.57 bits per heavy atom. The minimum Gasteiger partial charge on any atom is -0.497 e. The molecule has 3 aromatic rings. The second-order valence-electron chi connectivity index (χ2n) is 7.38. The van der Waals surface area contributed by atoms with Gasteiger partial charge in [0.2, 0.25) is 0 Å². The highest BCUT2D eigenvalue weighted by molar-refractivity contribution is 5.97. The van der Waals surface area contributed by atoms with Crippen LogP contribution in [0.25, 0.3) is 16.9 Å². The number of halogens is 1. The summed E-state index contributed by atoms with van der Waals surface area (Å²) in [5, 5.41) is 7.08. The monoisotopic (exact) mass is 483 g/mol. The number of rotatable bonds is 11. The molecule has 1 amide bonds. The molecule has 0 unspecified atom stereocenters. The molecule has 0 bridgehead atoms. The van der Waals surface area contributed by atoms with Crippen LogP contribution in [0.15, 0.2) is 54.7 Å². The molecule has 0 saturated heterocycles. The van der Waals surface area contributed by atoms with Crippen LogP contribution in [-0.2, 0) is 19.1 Å². The Balaban J connectivity index is 1.71. The van der Waals surface area contributed by atoms with E-state index in [2.05, 4.69) is 10.4 Å². The van der Waals surface area contributed by atoms with E-state index in [9.17, 15) is 18.8 Å². The van der Waals surface area contributed by atoms with Crippen molar-refractivity contribution in [1.29, 1.82) is 0 Å². The maximum atomic E-state index is 13.3. The first-order valence-corrected chi connectivity index (χ1v) is 11.0. The number of esters is 2. The Hall–Kier alpha value is -4.21. The van der Waals surface area contributed by atoms with Crippen molar-refractivity contribution in [2.45, 2.75) is 19.8 Å². The molecule has 0 aliphatic heterocycles. The molecule has 2 aromatic carbocycles. The summed E-state index contributed by atoms with van der Waals surface area (Å²) in [5.41, 5.74) is 1.57. The van der Waals surface area contributed by atoms with E-state index in [0.717, 1.165) is 0 Å². The molecule has 35 heavy (non-hydrogen) atoms.